The lowest BCUT2D eigenvalue weighted by Gasteiger charge is -2.38. The zero-order valence-corrected chi connectivity index (χ0v) is 18.7. The van der Waals surface area contributed by atoms with Gasteiger partial charge in [0.2, 0.25) is 5.95 Å². The van der Waals surface area contributed by atoms with E-state index in [1.165, 1.54) is 6.26 Å². The normalized spacial score (nSPS) is 18.1. The Kier molecular flexibility index (Phi) is 5.06. The fourth-order valence-electron chi connectivity index (χ4n) is 4.19. The van der Waals surface area contributed by atoms with Gasteiger partial charge in [0.05, 0.1) is 28.1 Å². The van der Waals surface area contributed by atoms with E-state index >= 15 is 0 Å². The predicted molar refractivity (Wildman–Crippen MR) is 115 cm³/mol. The van der Waals surface area contributed by atoms with E-state index in [1.54, 1.807) is 31.3 Å². The molecule has 3 aromatic rings. The number of anilines is 1. The Hall–Kier alpha value is -2.52. The molecule has 30 heavy (non-hydrogen) atoms. The number of fused-ring (bicyclic) bond motifs is 3. The zero-order valence-electron chi connectivity index (χ0n) is 17.9. The Morgan fingerprint density at radius 2 is 1.90 bits per heavy atom. The van der Waals surface area contributed by atoms with Crippen molar-refractivity contribution in [3.63, 3.8) is 0 Å². The molecule has 0 fully saturated rings. The van der Waals surface area contributed by atoms with Gasteiger partial charge in [-0.15, -0.1) is 0 Å². The topological polar surface area (TPSA) is 101 Å². The van der Waals surface area contributed by atoms with Crippen LogP contribution in [-0.4, -0.2) is 45.8 Å². The summed E-state index contributed by atoms with van der Waals surface area (Å²) in [5.74, 6) is 1.74. The highest BCUT2D eigenvalue weighted by Crippen LogP contribution is 2.36. The Bertz CT molecular complexity index is 1220. The molecule has 0 aliphatic carbocycles. The van der Waals surface area contributed by atoms with Gasteiger partial charge in [0.1, 0.15) is 5.82 Å². The quantitative estimate of drug-likeness (QED) is 0.680. The number of aliphatic hydroxyl groups excluding tert-OH is 1. The summed E-state index contributed by atoms with van der Waals surface area (Å²) in [6.45, 7) is 9.18. The van der Waals surface area contributed by atoms with Gasteiger partial charge in [-0.25, -0.2) is 23.4 Å². The van der Waals surface area contributed by atoms with Crippen LogP contribution in [0.4, 0.5) is 5.95 Å². The molecule has 4 rings (SSSR count). The third-order valence-corrected chi connectivity index (χ3v) is 6.80. The first-order valence-electron chi connectivity index (χ1n) is 10.1. The highest BCUT2D eigenvalue weighted by Gasteiger charge is 2.34. The summed E-state index contributed by atoms with van der Waals surface area (Å²) >= 11 is 0. The first kappa shape index (κ1) is 20.7. The van der Waals surface area contributed by atoms with E-state index in [0.29, 0.717) is 23.9 Å². The zero-order chi connectivity index (χ0) is 21.8. The van der Waals surface area contributed by atoms with Crippen LogP contribution in [-0.2, 0) is 16.4 Å². The van der Waals surface area contributed by atoms with Gasteiger partial charge in [-0.2, -0.15) is 0 Å². The van der Waals surface area contributed by atoms with Crippen LogP contribution >= 0.6 is 0 Å². The SMILES string of the molecule is Cc1nc(N2CCn3c(nc4ccc(S(C)(=O)=O)cc43)[C@@H]2C(C)C)ncc1C(C)O. The Morgan fingerprint density at radius 1 is 1.17 bits per heavy atom. The van der Waals surface area contributed by atoms with Gasteiger partial charge in [-0.05, 0) is 38.0 Å². The maximum atomic E-state index is 12.0. The van der Waals surface area contributed by atoms with Crippen LogP contribution in [0.15, 0.2) is 29.3 Å². The van der Waals surface area contributed by atoms with E-state index in [2.05, 4.69) is 33.3 Å². The molecule has 2 aromatic heterocycles. The molecule has 1 aliphatic rings. The van der Waals surface area contributed by atoms with E-state index in [-0.39, 0.29) is 12.0 Å². The van der Waals surface area contributed by atoms with E-state index in [0.717, 1.165) is 28.1 Å². The number of nitrogens with zero attached hydrogens (tertiary/aromatic N) is 5. The smallest absolute Gasteiger partial charge is 0.226 e. The summed E-state index contributed by atoms with van der Waals surface area (Å²) in [4.78, 5) is 16.5. The number of sulfone groups is 1. The maximum Gasteiger partial charge on any atom is 0.226 e. The minimum absolute atomic E-state index is 0.0513. The molecule has 0 amide bonds. The van der Waals surface area contributed by atoms with Crippen LogP contribution in [0.3, 0.4) is 0 Å². The van der Waals surface area contributed by atoms with Crippen molar-refractivity contribution >= 4 is 26.8 Å². The van der Waals surface area contributed by atoms with Crippen molar-refractivity contribution in [2.24, 2.45) is 5.92 Å². The van der Waals surface area contributed by atoms with E-state index in [9.17, 15) is 13.5 Å². The van der Waals surface area contributed by atoms with Gasteiger partial charge < -0.3 is 14.6 Å². The van der Waals surface area contributed by atoms with Crippen molar-refractivity contribution in [2.45, 2.75) is 51.3 Å². The highest BCUT2D eigenvalue weighted by molar-refractivity contribution is 7.90. The molecule has 0 saturated heterocycles. The lowest BCUT2D eigenvalue weighted by Crippen LogP contribution is -2.42. The van der Waals surface area contributed by atoms with Crippen LogP contribution in [0.25, 0.3) is 11.0 Å². The second-order valence-corrected chi connectivity index (χ2v) is 10.3. The van der Waals surface area contributed by atoms with Crippen molar-refractivity contribution < 1.29 is 13.5 Å². The number of hydrogen-bond acceptors (Lipinski definition) is 7. The van der Waals surface area contributed by atoms with Crippen LogP contribution in [0.5, 0.6) is 0 Å². The first-order chi connectivity index (χ1) is 14.1. The van der Waals surface area contributed by atoms with E-state index in [4.69, 9.17) is 4.98 Å². The highest BCUT2D eigenvalue weighted by atomic mass is 32.2. The molecular formula is C21H27N5O3S. The largest absolute Gasteiger partial charge is 0.389 e. The number of aromatic nitrogens is 4. The molecule has 0 radical (unpaired) electrons. The lowest BCUT2D eigenvalue weighted by molar-refractivity contribution is 0.197. The lowest BCUT2D eigenvalue weighted by atomic mass is 10.00. The van der Waals surface area contributed by atoms with Crippen molar-refractivity contribution in [3.8, 4) is 0 Å². The molecule has 2 atom stereocenters. The van der Waals surface area contributed by atoms with Crippen molar-refractivity contribution in [1.29, 1.82) is 0 Å². The summed E-state index contributed by atoms with van der Waals surface area (Å²) in [6, 6.07) is 5.05. The molecule has 3 heterocycles. The van der Waals surface area contributed by atoms with E-state index in [1.807, 2.05) is 6.92 Å². The second-order valence-electron chi connectivity index (χ2n) is 8.31. The fourth-order valence-corrected chi connectivity index (χ4v) is 4.83. The molecule has 0 bridgehead atoms. The van der Waals surface area contributed by atoms with E-state index < -0.39 is 15.9 Å². The summed E-state index contributed by atoms with van der Waals surface area (Å²) in [5.41, 5.74) is 3.10. The van der Waals surface area contributed by atoms with Gasteiger partial charge in [-0.1, -0.05) is 13.8 Å². The average molecular weight is 430 g/mol. The number of aryl methyl sites for hydroxylation is 1. The van der Waals surface area contributed by atoms with Gasteiger partial charge in [0.25, 0.3) is 0 Å². The number of rotatable bonds is 4. The molecule has 0 saturated carbocycles. The summed E-state index contributed by atoms with van der Waals surface area (Å²) < 4.78 is 26.1. The van der Waals surface area contributed by atoms with Crippen molar-refractivity contribution in [3.05, 3.63) is 41.5 Å². The minimum atomic E-state index is -3.29. The summed E-state index contributed by atoms with van der Waals surface area (Å²) in [7, 11) is -3.29. The van der Waals surface area contributed by atoms with Crippen LogP contribution < -0.4 is 4.90 Å². The fraction of sp³-hybridized carbons (Fsp3) is 0.476. The van der Waals surface area contributed by atoms with Gasteiger partial charge in [0, 0.05) is 36.8 Å². The molecule has 1 aromatic carbocycles. The Labute approximate surface area is 176 Å². The third-order valence-electron chi connectivity index (χ3n) is 5.69. The summed E-state index contributed by atoms with van der Waals surface area (Å²) in [5, 5.41) is 9.89. The molecule has 1 unspecified atom stereocenters. The average Bonchev–Trinajstić information content (AvgIpc) is 3.03. The molecule has 160 valence electrons. The van der Waals surface area contributed by atoms with Gasteiger partial charge in [0.15, 0.2) is 9.84 Å². The first-order valence-corrected chi connectivity index (χ1v) is 12.0. The predicted octanol–water partition coefficient (Wildman–Crippen LogP) is 2.81. The van der Waals surface area contributed by atoms with Crippen molar-refractivity contribution in [1.82, 2.24) is 19.5 Å². The molecule has 0 spiro atoms. The molecule has 8 nitrogen and oxygen atoms in total. The van der Waals surface area contributed by atoms with Crippen LogP contribution in [0, 0.1) is 12.8 Å². The minimum Gasteiger partial charge on any atom is -0.389 e. The Balaban J connectivity index is 1.82. The maximum absolute atomic E-state index is 12.0. The molecule has 1 aliphatic heterocycles. The van der Waals surface area contributed by atoms with Crippen LogP contribution in [0.1, 0.15) is 50.0 Å². The summed E-state index contributed by atoms with van der Waals surface area (Å²) in [6.07, 6.45) is 2.29. The number of benzene rings is 1. The molecular weight excluding hydrogens is 402 g/mol. The molecule has 9 heteroatoms. The van der Waals surface area contributed by atoms with Crippen molar-refractivity contribution in [2.75, 3.05) is 17.7 Å². The number of aliphatic hydroxyl groups is 1. The number of hydrogen-bond donors (Lipinski definition) is 1. The standard InChI is InChI=1S/C21H27N5O3S/c1-12(2)19-20-24-17-7-6-15(30(5,28)29)10-18(17)25(20)8-9-26(19)21-22-11-16(14(4)27)13(3)23-21/h6-7,10-12,14,19,27H,8-9H2,1-5H3/t14?,19-/m0/s1. The van der Waals surface area contributed by atoms with Crippen LogP contribution in [0.2, 0.25) is 0 Å². The monoisotopic (exact) mass is 429 g/mol. The van der Waals surface area contributed by atoms with Gasteiger partial charge >= 0.3 is 0 Å². The van der Waals surface area contributed by atoms with Gasteiger partial charge in [-0.3, -0.25) is 0 Å². The Morgan fingerprint density at radius 3 is 2.50 bits per heavy atom. The third kappa shape index (κ3) is 3.45. The molecule has 1 N–H and O–H groups in total. The number of imidazole rings is 1. The second kappa shape index (κ2) is 7.31.